The summed E-state index contributed by atoms with van der Waals surface area (Å²) in [6, 6.07) is 0.704. The summed E-state index contributed by atoms with van der Waals surface area (Å²) in [5, 5.41) is 3.39. The SMILES string of the molecule is CC(CC1CCC1)N(C)CC1CNCCO1. The molecule has 2 unspecified atom stereocenters. The summed E-state index contributed by atoms with van der Waals surface area (Å²) in [5.74, 6) is 1.00. The molecule has 1 N–H and O–H groups in total. The number of likely N-dealkylation sites (N-methyl/N-ethyl adjacent to an activating group) is 1. The number of morpholine rings is 1. The maximum absolute atomic E-state index is 5.74. The highest BCUT2D eigenvalue weighted by atomic mass is 16.5. The van der Waals surface area contributed by atoms with Gasteiger partial charge in [0.1, 0.15) is 0 Å². The van der Waals surface area contributed by atoms with Crippen molar-refractivity contribution >= 4 is 0 Å². The van der Waals surface area contributed by atoms with Gasteiger partial charge < -0.3 is 15.0 Å². The lowest BCUT2D eigenvalue weighted by Gasteiger charge is -2.35. The zero-order chi connectivity index (χ0) is 11.4. The molecule has 0 bridgehead atoms. The van der Waals surface area contributed by atoms with E-state index in [1.54, 1.807) is 0 Å². The average Bonchev–Trinajstić information content (AvgIpc) is 2.24. The lowest BCUT2D eigenvalue weighted by molar-refractivity contribution is 0.00136. The highest BCUT2D eigenvalue weighted by Crippen LogP contribution is 2.31. The van der Waals surface area contributed by atoms with E-state index >= 15 is 0 Å². The molecule has 3 nitrogen and oxygen atoms in total. The minimum atomic E-state index is 0.391. The molecule has 16 heavy (non-hydrogen) atoms. The number of hydrogen-bond donors (Lipinski definition) is 1. The lowest BCUT2D eigenvalue weighted by Crippen LogP contribution is -2.46. The predicted octanol–water partition coefficient (Wildman–Crippen LogP) is 1.49. The van der Waals surface area contributed by atoms with Crippen molar-refractivity contribution in [2.24, 2.45) is 5.92 Å². The Balaban J connectivity index is 1.66. The zero-order valence-corrected chi connectivity index (χ0v) is 10.7. The topological polar surface area (TPSA) is 24.5 Å². The van der Waals surface area contributed by atoms with Crippen molar-refractivity contribution in [1.82, 2.24) is 10.2 Å². The lowest BCUT2D eigenvalue weighted by atomic mass is 9.81. The summed E-state index contributed by atoms with van der Waals surface area (Å²) >= 11 is 0. The fourth-order valence-electron chi connectivity index (χ4n) is 2.63. The molecule has 0 amide bonds. The van der Waals surface area contributed by atoms with E-state index in [0.29, 0.717) is 12.1 Å². The third-order valence-corrected chi connectivity index (χ3v) is 4.15. The quantitative estimate of drug-likeness (QED) is 0.768. The van der Waals surface area contributed by atoms with Gasteiger partial charge in [0.15, 0.2) is 0 Å². The highest BCUT2D eigenvalue weighted by Gasteiger charge is 2.23. The number of nitrogens with zero attached hydrogens (tertiary/aromatic N) is 1. The van der Waals surface area contributed by atoms with Gasteiger partial charge in [0.2, 0.25) is 0 Å². The van der Waals surface area contributed by atoms with E-state index in [4.69, 9.17) is 4.74 Å². The van der Waals surface area contributed by atoms with Gasteiger partial charge in [-0.3, -0.25) is 0 Å². The fourth-order valence-corrected chi connectivity index (χ4v) is 2.63. The zero-order valence-electron chi connectivity index (χ0n) is 10.7. The van der Waals surface area contributed by atoms with Gasteiger partial charge in [-0.15, -0.1) is 0 Å². The molecular weight excluding hydrogens is 200 g/mol. The first-order valence-electron chi connectivity index (χ1n) is 6.78. The molecule has 1 saturated heterocycles. The van der Waals surface area contributed by atoms with Crippen LogP contribution in [0.25, 0.3) is 0 Å². The molecule has 0 radical (unpaired) electrons. The van der Waals surface area contributed by atoms with Crippen molar-refractivity contribution in [2.45, 2.75) is 44.8 Å². The summed E-state index contributed by atoms with van der Waals surface area (Å²) in [6.45, 7) is 6.32. The molecule has 1 aliphatic heterocycles. The van der Waals surface area contributed by atoms with E-state index in [1.165, 1.54) is 25.7 Å². The number of ether oxygens (including phenoxy) is 1. The molecule has 0 aromatic heterocycles. The van der Waals surface area contributed by atoms with Crippen molar-refractivity contribution in [3.63, 3.8) is 0 Å². The van der Waals surface area contributed by atoms with Crippen LogP contribution in [0.2, 0.25) is 0 Å². The molecule has 2 fully saturated rings. The van der Waals surface area contributed by atoms with E-state index in [2.05, 4.69) is 24.2 Å². The van der Waals surface area contributed by atoms with Gasteiger partial charge in [-0.2, -0.15) is 0 Å². The Kier molecular flexibility index (Phi) is 4.62. The fraction of sp³-hybridized carbons (Fsp3) is 1.00. The number of nitrogens with one attached hydrogen (secondary N) is 1. The van der Waals surface area contributed by atoms with Gasteiger partial charge in [0, 0.05) is 25.7 Å². The minimum Gasteiger partial charge on any atom is -0.374 e. The van der Waals surface area contributed by atoms with Crippen LogP contribution in [0.3, 0.4) is 0 Å². The van der Waals surface area contributed by atoms with Crippen LogP contribution in [0.5, 0.6) is 0 Å². The number of rotatable bonds is 5. The summed E-state index contributed by atoms with van der Waals surface area (Å²) in [4.78, 5) is 2.47. The van der Waals surface area contributed by atoms with Crippen molar-refractivity contribution in [3.8, 4) is 0 Å². The van der Waals surface area contributed by atoms with Crippen LogP contribution in [-0.4, -0.2) is 50.3 Å². The molecule has 94 valence electrons. The predicted molar refractivity (Wildman–Crippen MR) is 66.7 cm³/mol. The Morgan fingerprint density at radius 1 is 1.44 bits per heavy atom. The molecule has 3 heteroatoms. The summed E-state index contributed by atoms with van der Waals surface area (Å²) in [6.07, 6.45) is 6.13. The highest BCUT2D eigenvalue weighted by molar-refractivity contribution is 4.78. The van der Waals surface area contributed by atoms with Crippen LogP contribution in [-0.2, 0) is 4.74 Å². The molecule has 2 atom stereocenters. The Morgan fingerprint density at radius 3 is 2.81 bits per heavy atom. The van der Waals surface area contributed by atoms with Crippen LogP contribution < -0.4 is 5.32 Å². The Morgan fingerprint density at radius 2 is 2.25 bits per heavy atom. The smallest absolute Gasteiger partial charge is 0.0826 e. The Labute approximate surface area is 99.5 Å². The van der Waals surface area contributed by atoms with Gasteiger partial charge >= 0.3 is 0 Å². The molecular formula is C13H26N2O. The van der Waals surface area contributed by atoms with Crippen molar-refractivity contribution < 1.29 is 4.74 Å². The molecule has 0 spiro atoms. The van der Waals surface area contributed by atoms with Gasteiger partial charge in [0.25, 0.3) is 0 Å². The monoisotopic (exact) mass is 226 g/mol. The second-order valence-electron chi connectivity index (χ2n) is 5.52. The molecule has 0 aromatic rings. The van der Waals surface area contributed by atoms with Crippen LogP contribution in [0.15, 0.2) is 0 Å². The van der Waals surface area contributed by atoms with Crippen LogP contribution in [0, 0.1) is 5.92 Å². The molecule has 2 rings (SSSR count). The molecule has 2 aliphatic rings. The van der Waals surface area contributed by atoms with Crippen LogP contribution in [0.1, 0.15) is 32.6 Å². The maximum atomic E-state index is 5.74. The van der Waals surface area contributed by atoms with E-state index in [-0.39, 0.29) is 0 Å². The van der Waals surface area contributed by atoms with E-state index < -0.39 is 0 Å². The second kappa shape index (κ2) is 5.99. The van der Waals surface area contributed by atoms with Gasteiger partial charge in [-0.1, -0.05) is 19.3 Å². The normalized spacial score (nSPS) is 29.1. The van der Waals surface area contributed by atoms with Crippen molar-refractivity contribution in [2.75, 3.05) is 33.3 Å². The largest absolute Gasteiger partial charge is 0.374 e. The Bertz CT molecular complexity index is 200. The van der Waals surface area contributed by atoms with E-state index in [9.17, 15) is 0 Å². The van der Waals surface area contributed by atoms with Gasteiger partial charge in [0.05, 0.1) is 12.7 Å². The average molecular weight is 226 g/mol. The molecule has 0 aromatic carbocycles. The third kappa shape index (κ3) is 3.44. The molecule has 1 heterocycles. The van der Waals surface area contributed by atoms with Crippen LogP contribution in [0.4, 0.5) is 0 Å². The van der Waals surface area contributed by atoms with Crippen molar-refractivity contribution in [1.29, 1.82) is 0 Å². The first-order valence-corrected chi connectivity index (χ1v) is 6.78. The summed E-state index contributed by atoms with van der Waals surface area (Å²) in [5.41, 5.74) is 0. The third-order valence-electron chi connectivity index (χ3n) is 4.15. The van der Waals surface area contributed by atoms with Crippen molar-refractivity contribution in [3.05, 3.63) is 0 Å². The second-order valence-corrected chi connectivity index (χ2v) is 5.52. The molecule has 1 aliphatic carbocycles. The molecule has 1 saturated carbocycles. The van der Waals surface area contributed by atoms with Gasteiger partial charge in [-0.05, 0) is 26.3 Å². The first kappa shape index (κ1) is 12.3. The first-order chi connectivity index (χ1) is 7.75. The van der Waals surface area contributed by atoms with E-state index in [0.717, 1.165) is 32.2 Å². The number of hydrogen-bond acceptors (Lipinski definition) is 3. The summed E-state index contributed by atoms with van der Waals surface area (Å²) in [7, 11) is 2.24. The van der Waals surface area contributed by atoms with Gasteiger partial charge in [-0.25, -0.2) is 0 Å². The minimum absolute atomic E-state index is 0.391. The summed E-state index contributed by atoms with van der Waals surface area (Å²) < 4.78 is 5.74. The standard InChI is InChI=1S/C13H26N2O/c1-11(8-12-4-3-5-12)15(2)10-13-9-14-6-7-16-13/h11-14H,3-10H2,1-2H3. The Hall–Kier alpha value is -0.120. The maximum Gasteiger partial charge on any atom is 0.0826 e. The van der Waals surface area contributed by atoms with Crippen LogP contribution >= 0.6 is 0 Å². The van der Waals surface area contributed by atoms with E-state index in [1.807, 2.05) is 0 Å².